The van der Waals surface area contributed by atoms with Crippen molar-refractivity contribution in [3.8, 4) is 11.9 Å². The topological polar surface area (TPSA) is 131 Å². The molecule has 0 radical (unpaired) electrons. The van der Waals surface area contributed by atoms with Gasteiger partial charge in [-0.1, -0.05) is 12.1 Å². The number of nitrogens with one attached hydrogen (secondary N) is 1. The number of benzene rings is 2. The summed E-state index contributed by atoms with van der Waals surface area (Å²) in [5.74, 6) is 1.15. The summed E-state index contributed by atoms with van der Waals surface area (Å²) < 4.78 is 28.5. The lowest BCUT2D eigenvalue weighted by molar-refractivity contribution is -0.0350. The number of carbonyl (C=O) groups is 1. The Hall–Kier alpha value is -3.94. The van der Waals surface area contributed by atoms with E-state index >= 15 is 0 Å². The van der Waals surface area contributed by atoms with E-state index in [-0.39, 0.29) is 31.9 Å². The summed E-state index contributed by atoms with van der Waals surface area (Å²) in [6.45, 7) is 16.5. The van der Waals surface area contributed by atoms with Crippen molar-refractivity contribution in [3.63, 3.8) is 0 Å². The molecule has 1 aliphatic rings. The minimum atomic E-state index is -0.578. The van der Waals surface area contributed by atoms with Crippen LogP contribution in [0.1, 0.15) is 79.5 Å². The first kappa shape index (κ1) is 38.3. The number of aryl methyl sites for hydroxylation is 1. The van der Waals surface area contributed by atoms with Gasteiger partial charge >= 0.3 is 0 Å². The first-order chi connectivity index (χ1) is 24.3. The first-order valence-corrected chi connectivity index (χ1v) is 20.0. The van der Waals surface area contributed by atoms with Gasteiger partial charge in [-0.25, -0.2) is 14.4 Å². The maximum atomic E-state index is 14.3. The maximum absolute atomic E-state index is 14.3. The molecule has 1 aliphatic heterocycles. The standard InChI is InChI=1S/C39H51FN7O3P/c1-38(2,26-50-39(3,4)25-42)45-37(48)29-12-13-33-34(21-29)47(18-19-51(5)6)35(43-33)23-46-16-14-28(15-17-46)32-8-7-9-36(44-32)49-24-30-11-10-27(22-41)20-31(30)40/h7-13,20-21,28H,14-19,23-26,42H2,1-6H3,(H,45,48). The zero-order chi connectivity index (χ0) is 36.8. The van der Waals surface area contributed by atoms with Crippen molar-refractivity contribution < 1.29 is 18.7 Å². The Labute approximate surface area is 302 Å². The minimum Gasteiger partial charge on any atom is -0.473 e. The SMILES string of the molecule is CP(C)CCn1c(CN2CCC(c3cccc(OCc4ccc(C#N)cc4F)n3)CC2)nc2ccc(C(=O)NC(C)(C)COC(C)(C)CN)cc21. The number of imidazole rings is 1. The van der Waals surface area contributed by atoms with E-state index in [0.29, 0.717) is 30.2 Å². The molecule has 12 heteroatoms. The van der Waals surface area contributed by atoms with Crippen molar-refractivity contribution >= 4 is 24.9 Å². The van der Waals surface area contributed by atoms with E-state index in [9.17, 15) is 9.18 Å². The van der Waals surface area contributed by atoms with E-state index in [1.54, 1.807) is 18.2 Å². The quantitative estimate of drug-likeness (QED) is 0.135. The molecular formula is C39H51FN7O3P. The Morgan fingerprint density at radius 2 is 1.86 bits per heavy atom. The number of rotatable bonds is 15. The van der Waals surface area contributed by atoms with Crippen LogP contribution in [0, 0.1) is 17.1 Å². The zero-order valence-electron chi connectivity index (χ0n) is 30.7. The van der Waals surface area contributed by atoms with E-state index in [2.05, 4.69) is 28.1 Å². The van der Waals surface area contributed by atoms with Gasteiger partial charge in [-0.05, 0) is 110 Å². The Balaban J connectivity index is 1.23. The Morgan fingerprint density at radius 3 is 2.55 bits per heavy atom. The van der Waals surface area contributed by atoms with Gasteiger partial charge in [-0.2, -0.15) is 5.26 Å². The monoisotopic (exact) mass is 715 g/mol. The number of ether oxygens (including phenoxy) is 2. The molecule has 2 aromatic heterocycles. The Morgan fingerprint density at radius 1 is 1.10 bits per heavy atom. The number of amides is 1. The summed E-state index contributed by atoms with van der Waals surface area (Å²) in [5.41, 5.74) is 8.88. The number of hydrogen-bond donors (Lipinski definition) is 2. The summed E-state index contributed by atoms with van der Waals surface area (Å²) in [4.78, 5) is 25.7. The van der Waals surface area contributed by atoms with Gasteiger partial charge in [0.25, 0.3) is 5.91 Å². The normalized spacial score (nSPS) is 14.6. The van der Waals surface area contributed by atoms with Crippen molar-refractivity contribution in [2.24, 2.45) is 5.73 Å². The van der Waals surface area contributed by atoms with Crippen LogP contribution in [0.3, 0.4) is 0 Å². The predicted octanol–water partition coefficient (Wildman–Crippen LogP) is 6.40. The van der Waals surface area contributed by atoms with Crippen LogP contribution >= 0.6 is 7.92 Å². The number of likely N-dealkylation sites (tertiary alicyclic amines) is 1. The number of fused-ring (bicyclic) bond motifs is 1. The van der Waals surface area contributed by atoms with Crippen LogP contribution < -0.4 is 15.8 Å². The van der Waals surface area contributed by atoms with E-state index in [4.69, 9.17) is 30.4 Å². The number of piperidine rings is 1. The second-order valence-electron chi connectivity index (χ2n) is 14.9. The third-order valence-electron chi connectivity index (χ3n) is 9.30. The van der Waals surface area contributed by atoms with Gasteiger partial charge in [0.1, 0.15) is 18.2 Å². The van der Waals surface area contributed by atoms with Crippen LogP contribution in [0.15, 0.2) is 54.6 Å². The van der Waals surface area contributed by atoms with Gasteiger partial charge in [0.2, 0.25) is 5.88 Å². The molecule has 5 rings (SSSR count). The Kier molecular flexibility index (Phi) is 12.5. The molecule has 0 atom stereocenters. The smallest absolute Gasteiger partial charge is 0.251 e. The van der Waals surface area contributed by atoms with Crippen LogP contribution in [0.2, 0.25) is 0 Å². The van der Waals surface area contributed by atoms with E-state index < -0.39 is 17.0 Å². The Bertz CT molecular complexity index is 1860. The van der Waals surface area contributed by atoms with Gasteiger partial charge in [-0.3, -0.25) is 9.69 Å². The van der Waals surface area contributed by atoms with Gasteiger partial charge < -0.3 is 25.1 Å². The molecule has 1 amide bonds. The van der Waals surface area contributed by atoms with Crippen molar-refractivity contribution in [2.75, 3.05) is 45.7 Å². The number of hydrogen-bond acceptors (Lipinski definition) is 8. The molecule has 51 heavy (non-hydrogen) atoms. The third kappa shape index (κ3) is 10.3. The summed E-state index contributed by atoms with van der Waals surface area (Å²) in [6, 6.07) is 17.9. The molecule has 10 nitrogen and oxygen atoms in total. The number of nitriles is 1. The van der Waals surface area contributed by atoms with Crippen molar-refractivity contribution in [3.05, 3.63) is 88.6 Å². The highest BCUT2D eigenvalue weighted by Gasteiger charge is 2.27. The molecule has 272 valence electrons. The van der Waals surface area contributed by atoms with Gasteiger partial charge in [0.15, 0.2) is 0 Å². The lowest BCUT2D eigenvalue weighted by Crippen LogP contribution is -2.49. The fourth-order valence-corrected chi connectivity index (χ4v) is 6.65. The van der Waals surface area contributed by atoms with Gasteiger partial charge in [0.05, 0.1) is 47.0 Å². The second-order valence-corrected chi connectivity index (χ2v) is 17.5. The van der Waals surface area contributed by atoms with Crippen LogP contribution in [0.25, 0.3) is 11.0 Å². The molecule has 0 aliphatic carbocycles. The molecule has 0 bridgehead atoms. The first-order valence-electron chi connectivity index (χ1n) is 17.6. The maximum Gasteiger partial charge on any atom is 0.251 e. The minimum absolute atomic E-state index is 0.0399. The van der Waals surface area contributed by atoms with Crippen LogP contribution in [0.5, 0.6) is 5.88 Å². The summed E-state index contributed by atoms with van der Waals surface area (Å²) in [5, 5.41) is 12.1. The van der Waals surface area contributed by atoms with Crippen molar-refractivity contribution in [1.29, 1.82) is 5.26 Å². The van der Waals surface area contributed by atoms with Crippen LogP contribution in [-0.2, 0) is 24.4 Å². The molecule has 3 N–H and O–H groups in total. The zero-order valence-corrected chi connectivity index (χ0v) is 31.6. The van der Waals surface area contributed by atoms with Crippen LogP contribution in [0.4, 0.5) is 4.39 Å². The highest BCUT2D eigenvalue weighted by molar-refractivity contribution is 7.55. The molecule has 4 aromatic rings. The number of pyridine rings is 1. The molecule has 3 heterocycles. The summed E-state index contributed by atoms with van der Waals surface area (Å²) >= 11 is 0. The van der Waals surface area contributed by atoms with Crippen molar-refractivity contribution in [1.82, 2.24) is 24.8 Å². The van der Waals surface area contributed by atoms with Crippen LogP contribution in [-0.4, -0.2) is 82.2 Å². The highest BCUT2D eigenvalue weighted by atomic mass is 31.1. The molecule has 0 unspecified atom stereocenters. The predicted molar refractivity (Wildman–Crippen MR) is 201 cm³/mol. The summed E-state index contributed by atoms with van der Waals surface area (Å²) in [7, 11) is -0.113. The number of aromatic nitrogens is 3. The number of nitrogens with two attached hydrogens (primary N) is 1. The number of nitrogens with zero attached hydrogens (tertiary/aromatic N) is 5. The second kappa shape index (κ2) is 16.6. The van der Waals surface area contributed by atoms with Crippen molar-refractivity contribution in [2.45, 2.75) is 77.3 Å². The number of halogens is 1. The lowest BCUT2D eigenvalue weighted by Gasteiger charge is -2.32. The fraction of sp³-hybridized carbons (Fsp3) is 0.487. The molecule has 0 saturated carbocycles. The number of carbonyl (C=O) groups excluding carboxylic acids is 1. The lowest BCUT2D eigenvalue weighted by atomic mass is 9.93. The molecule has 0 spiro atoms. The van der Waals surface area contributed by atoms with E-state index in [1.807, 2.05) is 64.1 Å². The average Bonchev–Trinajstić information content (AvgIpc) is 3.45. The highest BCUT2D eigenvalue weighted by Crippen LogP contribution is 2.31. The molecule has 1 fully saturated rings. The fourth-order valence-electron chi connectivity index (χ4n) is 6.05. The molecule has 1 saturated heterocycles. The van der Waals surface area contributed by atoms with Gasteiger partial charge in [-0.15, -0.1) is 7.92 Å². The molecule has 2 aromatic carbocycles. The van der Waals surface area contributed by atoms with E-state index in [0.717, 1.165) is 67.7 Å². The van der Waals surface area contributed by atoms with E-state index in [1.165, 1.54) is 6.07 Å². The average molecular weight is 716 g/mol. The largest absolute Gasteiger partial charge is 0.473 e. The molecular weight excluding hydrogens is 664 g/mol. The summed E-state index contributed by atoms with van der Waals surface area (Å²) in [6.07, 6.45) is 2.96. The third-order valence-corrected chi connectivity index (χ3v) is 10.4. The van der Waals surface area contributed by atoms with Gasteiger partial charge in [0, 0.05) is 41.9 Å².